The number of aryl methyl sites for hydroxylation is 1. The van der Waals surface area contributed by atoms with Crippen LogP contribution in [0.2, 0.25) is 0 Å². The van der Waals surface area contributed by atoms with Gasteiger partial charge in [-0.2, -0.15) is 0 Å². The van der Waals surface area contributed by atoms with Crippen LogP contribution in [-0.4, -0.2) is 42.8 Å². The zero-order valence-electron chi connectivity index (χ0n) is 12.4. The lowest BCUT2D eigenvalue weighted by Gasteiger charge is -2.14. The zero-order chi connectivity index (χ0) is 15.0. The van der Waals surface area contributed by atoms with Crippen LogP contribution in [0, 0.1) is 6.92 Å². The molecule has 1 aliphatic carbocycles. The molecule has 6 heteroatoms. The number of anilines is 1. The molecule has 5 nitrogen and oxygen atoms in total. The summed E-state index contributed by atoms with van der Waals surface area (Å²) in [6.45, 7) is 2.04. The zero-order valence-corrected chi connectivity index (χ0v) is 13.2. The minimum atomic E-state index is 0.336. The van der Waals surface area contributed by atoms with Gasteiger partial charge in [0.1, 0.15) is 4.83 Å². The highest BCUT2D eigenvalue weighted by Gasteiger charge is 2.27. The van der Waals surface area contributed by atoms with Gasteiger partial charge in [0, 0.05) is 31.2 Å². The molecule has 0 bridgehead atoms. The van der Waals surface area contributed by atoms with Crippen LogP contribution in [-0.2, 0) is 4.79 Å². The van der Waals surface area contributed by atoms with Gasteiger partial charge in [-0.3, -0.25) is 4.79 Å². The maximum atomic E-state index is 11.1. The lowest BCUT2D eigenvalue weighted by atomic mass is 10.2. The maximum absolute atomic E-state index is 11.1. The average molecular weight is 302 g/mol. The first-order chi connectivity index (χ1) is 10.1. The Bertz CT molecular complexity index is 703. The van der Waals surface area contributed by atoms with E-state index in [2.05, 4.69) is 14.9 Å². The van der Waals surface area contributed by atoms with Crippen LogP contribution in [0.25, 0.3) is 10.2 Å². The molecule has 0 spiro atoms. The molecule has 0 radical (unpaired) electrons. The molecular weight excluding hydrogens is 284 g/mol. The highest BCUT2D eigenvalue weighted by atomic mass is 32.1. The summed E-state index contributed by atoms with van der Waals surface area (Å²) in [6.07, 6.45) is 6.47. The number of aliphatic imine (C=N–C) groups is 1. The van der Waals surface area contributed by atoms with Gasteiger partial charge in [0.05, 0.1) is 23.1 Å². The number of pyridine rings is 1. The fourth-order valence-electron chi connectivity index (χ4n) is 2.34. The SMILES string of the molecule is Cc1sc2nccc(N(C)C)c2c1/N=C\N(C=O)C1CC1. The van der Waals surface area contributed by atoms with Gasteiger partial charge in [0.2, 0.25) is 6.41 Å². The Balaban J connectivity index is 2.06. The normalized spacial score (nSPS) is 14.8. The summed E-state index contributed by atoms with van der Waals surface area (Å²) in [7, 11) is 4.02. The van der Waals surface area contributed by atoms with Crippen molar-refractivity contribution in [3.8, 4) is 0 Å². The summed E-state index contributed by atoms with van der Waals surface area (Å²) in [4.78, 5) is 25.9. The molecule has 110 valence electrons. The van der Waals surface area contributed by atoms with E-state index in [-0.39, 0.29) is 0 Å². The van der Waals surface area contributed by atoms with E-state index in [1.807, 2.05) is 33.3 Å². The van der Waals surface area contributed by atoms with Crippen molar-refractivity contribution in [1.29, 1.82) is 0 Å². The molecule has 0 N–H and O–H groups in total. The van der Waals surface area contributed by atoms with E-state index >= 15 is 0 Å². The first kappa shape index (κ1) is 14.0. The number of nitrogens with zero attached hydrogens (tertiary/aromatic N) is 4. The van der Waals surface area contributed by atoms with Gasteiger partial charge in [-0.15, -0.1) is 11.3 Å². The Labute approximate surface area is 127 Å². The van der Waals surface area contributed by atoms with E-state index in [0.717, 1.165) is 45.7 Å². The Kier molecular flexibility index (Phi) is 3.63. The second-order valence-electron chi connectivity index (χ2n) is 5.44. The first-order valence-electron chi connectivity index (χ1n) is 6.94. The van der Waals surface area contributed by atoms with Crippen LogP contribution in [0.1, 0.15) is 17.7 Å². The third kappa shape index (κ3) is 2.63. The lowest BCUT2D eigenvalue weighted by Crippen LogP contribution is -2.21. The average Bonchev–Trinajstić information content (AvgIpc) is 3.23. The minimum Gasteiger partial charge on any atom is -0.377 e. The summed E-state index contributed by atoms with van der Waals surface area (Å²) in [5, 5.41) is 1.06. The van der Waals surface area contributed by atoms with Crippen molar-refractivity contribution in [2.75, 3.05) is 19.0 Å². The molecule has 3 rings (SSSR count). The third-order valence-electron chi connectivity index (χ3n) is 3.61. The van der Waals surface area contributed by atoms with Crippen LogP contribution < -0.4 is 4.90 Å². The highest BCUT2D eigenvalue weighted by molar-refractivity contribution is 7.19. The second kappa shape index (κ2) is 5.44. The molecule has 1 saturated carbocycles. The minimum absolute atomic E-state index is 0.336. The molecule has 2 aromatic heterocycles. The molecule has 0 aromatic carbocycles. The molecule has 0 aliphatic heterocycles. The summed E-state index contributed by atoms with van der Waals surface area (Å²) in [5.74, 6) is 0. The Morgan fingerprint density at radius 3 is 2.81 bits per heavy atom. The molecule has 1 fully saturated rings. The fourth-order valence-corrected chi connectivity index (χ4v) is 3.29. The Morgan fingerprint density at radius 2 is 2.19 bits per heavy atom. The number of rotatable bonds is 5. The fraction of sp³-hybridized carbons (Fsp3) is 0.400. The van der Waals surface area contributed by atoms with Crippen molar-refractivity contribution in [3.05, 3.63) is 17.1 Å². The number of hydrogen-bond donors (Lipinski definition) is 0. The van der Waals surface area contributed by atoms with E-state index in [9.17, 15) is 4.79 Å². The third-order valence-corrected chi connectivity index (χ3v) is 4.61. The standard InChI is InChI=1S/C15H18N4OS/c1-10-14(17-8-19(9-20)11-4-5-11)13-12(18(2)3)6-7-16-15(13)21-10/h6-9,11H,4-5H2,1-3H3/b17-8-. The summed E-state index contributed by atoms with van der Waals surface area (Å²) in [5.41, 5.74) is 2.01. The number of aromatic nitrogens is 1. The summed E-state index contributed by atoms with van der Waals surface area (Å²) in [6, 6.07) is 2.33. The number of amides is 1. The van der Waals surface area contributed by atoms with E-state index in [1.54, 1.807) is 22.6 Å². The molecule has 0 saturated heterocycles. The molecule has 0 unspecified atom stereocenters. The lowest BCUT2D eigenvalue weighted by molar-refractivity contribution is -0.114. The van der Waals surface area contributed by atoms with Gasteiger partial charge < -0.3 is 9.80 Å². The Hall–Kier alpha value is -1.95. The smallest absolute Gasteiger partial charge is 0.215 e. The van der Waals surface area contributed by atoms with Crippen LogP contribution in [0.3, 0.4) is 0 Å². The predicted octanol–water partition coefficient (Wildman–Crippen LogP) is 2.95. The Morgan fingerprint density at radius 1 is 1.43 bits per heavy atom. The van der Waals surface area contributed by atoms with Crippen LogP contribution in [0.5, 0.6) is 0 Å². The molecule has 1 aliphatic rings. The largest absolute Gasteiger partial charge is 0.377 e. The van der Waals surface area contributed by atoms with Crippen LogP contribution in [0.4, 0.5) is 11.4 Å². The van der Waals surface area contributed by atoms with E-state index in [1.165, 1.54) is 0 Å². The topological polar surface area (TPSA) is 48.8 Å². The monoisotopic (exact) mass is 302 g/mol. The number of carbonyl (C=O) groups is 1. The summed E-state index contributed by atoms with van der Waals surface area (Å²) >= 11 is 1.64. The van der Waals surface area contributed by atoms with Gasteiger partial charge in [-0.25, -0.2) is 9.98 Å². The van der Waals surface area contributed by atoms with Gasteiger partial charge in [0.15, 0.2) is 0 Å². The van der Waals surface area contributed by atoms with Crippen LogP contribution in [0.15, 0.2) is 17.3 Å². The van der Waals surface area contributed by atoms with E-state index in [4.69, 9.17) is 0 Å². The van der Waals surface area contributed by atoms with Gasteiger partial charge in [0.25, 0.3) is 0 Å². The van der Waals surface area contributed by atoms with Crippen molar-refractivity contribution in [1.82, 2.24) is 9.88 Å². The number of fused-ring (bicyclic) bond motifs is 1. The first-order valence-corrected chi connectivity index (χ1v) is 7.76. The van der Waals surface area contributed by atoms with Gasteiger partial charge in [-0.1, -0.05) is 0 Å². The van der Waals surface area contributed by atoms with Crippen molar-refractivity contribution in [3.63, 3.8) is 0 Å². The van der Waals surface area contributed by atoms with E-state index in [0.29, 0.717) is 6.04 Å². The van der Waals surface area contributed by atoms with Gasteiger partial charge >= 0.3 is 0 Å². The molecule has 2 aromatic rings. The molecule has 1 amide bonds. The predicted molar refractivity (Wildman–Crippen MR) is 87.8 cm³/mol. The van der Waals surface area contributed by atoms with Gasteiger partial charge in [-0.05, 0) is 25.8 Å². The molecular formula is C15H18N4OS. The number of hydrogen-bond acceptors (Lipinski definition) is 5. The maximum Gasteiger partial charge on any atom is 0.215 e. The second-order valence-corrected chi connectivity index (χ2v) is 6.64. The van der Waals surface area contributed by atoms with Crippen LogP contribution >= 0.6 is 11.3 Å². The van der Waals surface area contributed by atoms with E-state index < -0.39 is 0 Å². The van der Waals surface area contributed by atoms with Crippen molar-refractivity contribution in [2.24, 2.45) is 4.99 Å². The number of carbonyl (C=O) groups excluding carboxylic acids is 1. The highest BCUT2D eigenvalue weighted by Crippen LogP contribution is 2.41. The molecule has 21 heavy (non-hydrogen) atoms. The molecule has 2 heterocycles. The van der Waals surface area contributed by atoms with Crippen molar-refractivity contribution < 1.29 is 4.79 Å². The van der Waals surface area contributed by atoms with Crippen molar-refractivity contribution >= 4 is 45.7 Å². The molecule has 0 atom stereocenters. The summed E-state index contributed by atoms with van der Waals surface area (Å²) < 4.78 is 0. The quantitative estimate of drug-likeness (QED) is 0.485. The number of thiophene rings is 1. The van der Waals surface area contributed by atoms with Crippen molar-refractivity contribution in [2.45, 2.75) is 25.8 Å².